The molecule has 0 spiro atoms. The van der Waals surface area contributed by atoms with Crippen LogP contribution in [0.15, 0.2) is 36.4 Å². The summed E-state index contributed by atoms with van der Waals surface area (Å²) in [6, 6.07) is 9.82. The van der Waals surface area contributed by atoms with Gasteiger partial charge in [-0.15, -0.1) is 21.5 Å². The molecule has 134 valence electrons. The first-order valence-corrected chi connectivity index (χ1v) is 9.03. The van der Waals surface area contributed by atoms with Crippen molar-refractivity contribution in [1.29, 1.82) is 0 Å². The quantitative estimate of drug-likeness (QED) is 0.762. The highest BCUT2D eigenvalue weighted by molar-refractivity contribution is 7.15. The number of aliphatic carboxylic acids is 1. The standard InChI is InChI=1S/C18H17FN4O2S/c1-11-20-21-17-10-22(15(18(24)25)9-23(11)17)8-12-6-7-16(26-12)13-4-2-3-5-14(13)19/h2-7,15H,8-10H2,1H3,(H,24,25). The Hall–Kier alpha value is -2.58. The Kier molecular flexibility index (Phi) is 4.29. The van der Waals surface area contributed by atoms with E-state index in [0.29, 0.717) is 25.2 Å². The van der Waals surface area contributed by atoms with E-state index in [4.69, 9.17) is 0 Å². The van der Waals surface area contributed by atoms with E-state index in [1.807, 2.05) is 28.5 Å². The number of halogens is 1. The summed E-state index contributed by atoms with van der Waals surface area (Å²) in [5.74, 6) is 0.371. The van der Waals surface area contributed by atoms with E-state index >= 15 is 0 Å². The van der Waals surface area contributed by atoms with Gasteiger partial charge in [0.1, 0.15) is 23.5 Å². The van der Waals surface area contributed by atoms with Gasteiger partial charge in [-0.2, -0.15) is 0 Å². The highest BCUT2D eigenvalue weighted by atomic mass is 32.1. The fourth-order valence-electron chi connectivity index (χ4n) is 3.23. The lowest BCUT2D eigenvalue weighted by atomic mass is 10.1. The van der Waals surface area contributed by atoms with Crippen LogP contribution in [0.3, 0.4) is 0 Å². The van der Waals surface area contributed by atoms with Crippen LogP contribution < -0.4 is 0 Å². The smallest absolute Gasteiger partial charge is 0.322 e. The monoisotopic (exact) mass is 372 g/mol. The van der Waals surface area contributed by atoms with Gasteiger partial charge < -0.3 is 9.67 Å². The highest BCUT2D eigenvalue weighted by Gasteiger charge is 2.33. The molecule has 1 atom stereocenters. The van der Waals surface area contributed by atoms with Gasteiger partial charge in [-0.05, 0) is 25.1 Å². The number of aryl methyl sites for hydroxylation is 1. The van der Waals surface area contributed by atoms with Gasteiger partial charge in [0.05, 0.1) is 13.1 Å². The molecule has 3 heterocycles. The van der Waals surface area contributed by atoms with Crippen molar-refractivity contribution in [2.24, 2.45) is 0 Å². The van der Waals surface area contributed by atoms with E-state index < -0.39 is 12.0 Å². The number of carbonyl (C=O) groups is 1. The summed E-state index contributed by atoms with van der Waals surface area (Å²) in [4.78, 5) is 15.4. The number of carboxylic acid groups (broad SMARTS) is 1. The van der Waals surface area contributed by atoms with E-state index in [1.54, 1.807) is 18.2 Å². The molecule has 0 aliphatic carbocycles. The average Bonchev–Trinajstić information content (AvgIpc) is 3.22. The van der Waals surface area contributed by atoms with Crippen LogP contribution in [-0.4, -0.2) is 36.8 Å². The third-order valence-electron chi connectivity index (χ3n) is 4.60. The van der Waals surface area contributed by atoms with Crippen molar-refractivity contribution < 1.29 is 14.3 Å². The van der Waals surface area contributed by atoms with Crippen molar-refractivity contribution in [2.45, 2.75) is 32.6 Å². The summed E-state index contributed by atoms with van der Waals surface area (Å²) in [7, 11) is 0. The van der Waals surface area contributed by atoms with Crippen molar-refractivity contribution in [3.8, 4) is 10.4 Å². The second kappa shape index (κ2) is 6.62. The molecule has 3 aromatic rings. The van der Waals surface area contributed by atoms with Crippen LogP contribution in [0.2, 0.25) is 0 Å². The number of fused-ring (bicyclic) bond motifs is 1. The van der Waals surface area contributed by atoms with Crippen molar-refractivity contribution in [3.63, 3.8) is 0 Å². The zero-order valence-electron chi connectivity index (χ0n) is 14.1. The van der Waals surface area contributed by atoms with Crippen molar-refractivity contribution in [3.05, 3.63) is 58.7 Å². The van der Waals surface area contributed by atoms with E-state index in [0.717, 1.165) is 21.4 Å². The molecule has 1 N–H and O–H groups in total. The Labute approximate surface area is 153 Å². The number of rotatable bonds is 4. The third-order valence-corrected chi connectivity index (χ3v) is 5.70. The minimum atomic E-state index is -0.866. The van der Waals surface area contributed by atoms with Gasteiger partial charge in [-0.25, -0.2) is 4.39 Å². The normalized spacial score (nSPS) is 17.2. The summed E-state index contributed by atoms with van der Waals surface area (Å²) >= 11 is 1.48. The molecule has 4 rings (SSSR count). The first-order chi connectivity index (χ1) is 12.5. The minimum absolute atomic E-state index is 0.258. The van der Waals surface area contributed by atoms with Crippen LogP contribution in [0.5, 0.6) is 0 Å². The zero-order chi connectivity index (χ0) is 18.3. The summed E-state index contributed by atoms with van der Waals surface area (Å²) in [6.07, 6.45) is 0. The van der Waals surface area contributed by atoms with Crippen LogP contribution in [-0.2, 0) is 24.4 Å². The lowest BCUT2D eigenvalue weighted by molar-refractivity contribution is -0.145. The summed E-state index contributed by atoms with van der Waals surface area (Å²) < 4.78 is 15.8. The minimum Gasteiger partial charge on any atom is -0.480 e. The van der Waals surface area contributed by atoms with Gasteiger partial charge in [0.15, 0.2) is 0 Å². The Morgan fingerprint density at radius 3 is 2.88 bits per heavy atom. The van der Waals surface area contributed by atoms with Gasteiger partial charge >= 0.3 is 5.97 Å². The molecule has 0 bridgehead atoms. The number of hydrogen-bond donors (Lipinski definition) is 1. The topological polar surface area (TPSA) is 71.2 Å². The lowest BCUT2D eigenvalue weighted by Crippen LogP contribution is -2.47. The van der Waals surface area contributed by atoms with Crippen molar-refractivity contribution >= 4 is 17.3 Å². The van der Waals surface area contributed by atoms with Gasteiger partial charge in [-0.3, -0.25) is 9.69 Å². The van der Waals surface area contributed by atoms with Crippen LogP contribution in [0.4, 0.5) is 4.39 Å². The molecule has 6 nitrogen and oxygen atoms in total. The molecule has 1 aromatic carbocycles. The number of nitrogens with zero attached hydrogens (tertiary/aromatic N) is 4. The second-order valence-electron chi connectivity index (χ2n) is 6.28. The van der Waals surface area contributed by atoms with Gasteiger partial charge in [0.25, 0.3) is 0 Å². The highest BCUT2D eigenvalue weighted by Crippen LogP contribution is 2.31. The Balaban J connectivity index is 1.58. The number of carboxylic acids is 1. The fourth-order valence-corrected chi connectivity index (χ4v) is 4.29. The number of aromatic nitrogens is 3. The molecule has 26 heavy (non-hydrogen) atoms. The van der Waals surface area contributed by atoms with Crippen LogP contribution in [0, 0.1) is 12.7 Å². The Morgan fingerprint density at radius 2 is 2.12 bits per heavy atom. The fraction of sp³-hybridized carbons (Fsp3) is 0.278. The number of benzene rings is 1. The zero-order valence-corrected chi connectivity index (χ0v) is 14.9. The van der Waals surface area contributed by atoms with E-state index in [1.165, 1.54) is 17.4 Å². The maximum absolute atomic E-state index is 14.0. The van der Waals surface area contributed by atoms with E-state index in [9.17, 15) is 14.3 Å². The molecular formula is C18H17FN4O2S. The Bertz CT molecular complexity index is 968. The molecule has 1 aliphatic heterocycles. The predicted molar refractivity (Wildman–Crippen MR) is 95.1 cm³/mol. The van der Waals surface area contributed by atoms with Crippen molar-refractivity contribution in [2.75, 3.05) is 0 Å². The summed E-state index contributed by atoms with van der Waals surface area (Å²) in [6.45, 7) is 3.05. The maximum Gasteiger partial charge on any atom is 0.322 e. The van der Waals surface area contributed by atoms with E-state index in [-0.39, 0.29) is 5.82 Å². The molecule has 0 fully saturated rings. The van der Waals surface area contributed by atoms with Gasteiger partial charge in [0.2, 0.25) is 0 Å². The molecule has 1 aliphatic rings. The largest absolute Gasteiger partial charge is 0.480 e. The molecule has 1 unspecified atom stereocenters. The molecular weight excluding hydrogens is 355 g/mol. The Morgan fingerprint density at radius 1 is 1.31 bits per heavy atom. The van der Waals surface area contributed by atoms with Crippen molar-refractivity contribution in [1.82, 2.24) is 19.7 Å². The number of hydrogen-bond acceptors (Lipinski definition) is 5. The molecule has 2 aromatic heterocycles. The van der Waals surface area contributed by atoms with Crippen LogP contribution in [0.25, 0.3) is 10.4 Å². The maximum atomic E-state index is 14.0. The van der Waals surface area contributed by atoms with Crippen LogP contribution in [0.1, 0.15) is 16.5 Å². The van der Waals surface area contributed by atoms with Gasteiger partial charge in [-0.1, -0.05) is 18.2 Å². The molecule has 8 heteroatoms. The first kappa shape index (κ1) is 16.9. The molecule has 0 saturated carbocycles. The molecule has 0 saturated heterocycles. The lowest BCUT2D eigenvalue weighted by Gasteiger charge is -2.33. The average molecular weight is 372 g/mol. The van der Waals surface area contributed by atoms with E-state index in [2.05, 4.69) is 10.2 Å². The summed E-state index contributed by atoms with van der Waals surface area (Å²) in [5.41, 5.74) is 0.563. The third kappa shape index (κ3) is 3.02. The second-order valence-corrected chi connectivity index (χ2v) is 7.45. The van der Waals surface area contributed by atoms with Gasteiger partial charge in [0, 0.05) is 21.9 Å². The SMILES string of the molecule is Cc1nnc2n1CC(C(=O)O)N(Cc1ccc(-c3ccccc3F)s1)C2. The first-order valence-electron chi connectivity index (χ1n) is 8.22. The van der Waals surface area contributed by atoms with Crippen LogP contribution >= 0.6 is 11.3 Å². The molecule has 0 radical (unpaired) electrons. The predicted octanol–water partition coefficient (Wildman–Crippen LogP) is 2.92. The number of thiophene rings is 1. The molecule has 0 amide bonds. The summed E-state index contributed by atoms with van der Waals surface area (Å²) in [5, 5.41) is 17.8.